The fourth-order valence-corrected chi connectivity index (χ4v) is 5.72. The first kappa shape index (κ1) is 20.8. The molecule has 1 aromatic carbocycles. The van der Waals surface area contributed by atoms with Gasteiger partial charge in [0.2, 0.25) is 11.8 Å². The highest BCUT2D eigenvalue weighted by Gasteiger charge is 2.45. The Kier molecular flexibility index (Phi) is 5.27. The second kappa shape index (κ2) is 8.11. The lowest BCUT2D eigenvalue weighted by Gasteiger charge is -2.28. The van der Waals surface area contributed by atoms with Crippen LogP contribution in [0.2, 0.25) is 0 Å². The number of aryl methyl sites for hydroxylation is 1. The number of hydrogen-bond acceptors (Lipinski definition) is 6. The second-order valence-corrected chi connectivity index (χ2v) is 9.35. The number of carbonyl (C=O) groups excluding carboxylic acids is 4. The fraction of sp³-hybridized carbons (Fsp3) is 0.333. The number of nitrogens with one attached hydrogen (secondary N) is 1. The molecule has 0 bridgehead atoms. The zero-order valence-corrected chi connectivity index (χ0v) is 18.5. The average Bonchev–Trinajstić information content (AvgIpc) is 3.31. The summed E-state index contributed by atoms with van der Waals surface area (Å²) >= 11 is 1.76. The predicted octanol–water partition coefficient (Wildman–Crippen LogP) is 2.75. The molecule has 0 spiro atoms. The lowest BCUT2D eigenvalue weighted by molar-refractivity contribution is -0.136. The van der Waals surface area contributed by atoms with Crippen molar-refractivity contribution in [2.45, 2.75) is 38.8 Å². The number of benzene rings is 1. The molecule has 0 radical (unpaired) electrons. The minimum atomic E-state index is -0.942. The lowest BCUT2D eigenvalue weighted by atomic mass is 10.00. The van der Waals surface area contributed by atoms with Crippen molar-refractivity contribution in [3.63, 3.8) is 0 Å². The largest absolute Gasteiger partial charge is 0.295 e. The van der Waals surface area contributed by atoms with E-state index < -0.39 is 23.8 Å². The molecule has 3 aliphatic heterocycles. The van der Waals surface area contributed by atoms with Crippen LogP contribution in [0, 0.1) is 6.92 Å². The van der Waals surface area contributed by atoms with Gasteiger partial charge in [0.25, 0.3) is 11.8 Å². The summed E-state index contributed by atoms with van der Waals surface area (Å²) in [7, 11) is 0. The third kappa shape index (κ3) is 3.49. The van der Waals surface area contributed by atoms with Gasteiger partial charge in [0.15, 0.2) is 0 Å². The van der Waals surface area contributed by atoms with Gasteiger partial charge in [-0.2, -0.15) is 0 Å². The molecule has 4 amide bonds. The van der Waals surface area contributed by atoms with Crippen molar-refractivity contribution in [3.8, 4) is 0 Å². The van der Waals surface area contributed by atoms with Crippen LogP contribution in [0.15, 0.2) is 35.7 Å². The van der Waals surface area contributed by atoms with Gasteiger partial charge in [-0.05, 0) is 54.0 Å². The van der Waals surface area contributed by atoms with Crippen molar-refractivity contribution in [2.75, 3.05) is 13.1 Å². The van der Waals surface area contributed by atoms with E-state index in [1.54, 1.807) is 23.5 Å². The highest BCUT2D eigenvalue weighted by atomic mass is 32.1. The third-order valence-corrected chi connectivity index (χ3v) is 7.49. The van der Waals surface area contributed by atoms with Crippen LogP contribution in [0.4, 0.5) is 0 Å². The summed E-state index contributed by atoms with van der Waals surface area (Å²) in [6.45, 7) is 4.32. The van der Waals surface area contributed by atoms with Gasteiger partial charge in [0.1, 0.15) is 6.04 Å². The molecule has 5 rings (SSSR count). The fourth-order valence-electron chi connectivity index (χ4n) is 4.72. The monoisotopic (exact) mass is 449 g/mol. The van der Waals surface area contributed by atoms with Crippen molar-refractivity contribution >= 4 is 40.5 Å². The number of nitrogens with zero attached hydrogens (tertiary/aromatic N) is 2. The van der Waals surface area contributed by atoms with Crippen LogP contribution in [0.5, 0.6) is 0 Å². The molecule has 164 valence electrons. The first-order valence-electron chi connectivity index (χ1n) is 10.7. The Morgan fingerprint density at radius 3 is 2.62 bits per heavy atom. The molecule has 0 aliphatic carbocycles. The smallest absolute Gasteiger partial charge is 0.262 e. The number of amides is 4. The van der Waals surface area contributed by atoms with Crippen molar-refractivity contribution in [1.82, 2.24) is 15.1 Å². The van der Waals surface area contributed by atoms with E-state index >= 15 is 0 Å². The highest BCUT2D eigenvalue weighted by molar-refractivity contribution is 7.11. The number of imide groups is 2. The van der Waals surface area contributed by atoms with E-state index in [0.717, 1.165) is 30.0 Å². The molecule has 1 fully saturated rings. The Bertz CT molecular complexity index is 1180. The summed E-state index contributed by atoms with van der Waals surface area (Å²) in [4.78, 5) is 54.7. The van der Waals surface area contributed by atoms with Crippen molar-refractivity contribution < 1.29 is 19.2 Å². The summed E-state index contributed by atoms with van der Waals surface area (Å²) in [5.74, 6) is -1.87. The number of carbonyl (C=O) groups is 4. The molecule has 3 aliphatic rings. The zero-order chi connectivity index (χ0) is 22.4. The highest BCUT2D eigenvalue weighted by Crippen LogP contribution is 2.33. The Morgan fingerprint density at radius 2 is 1.94 bits per heavy atom. The van der Waals surface area contributed by atoms with E-state index in [2.05, 4.69) is 34.7 Å². The summed E-state index contributed by atoms with van der Waals surface area (Å²) < 4.78 is 0. The van der Waals surface area contributed by atoms with Crippen molar-refractivity contribution in [1.29, 1.82) is 0 Å². The van der Waals surface area contributed by atoms with E-state index in [1.165, 1.54) is 16.0 Å². The van der Waals surface area contributed by atoms with Crippen LogP contribution in [-0.4, -0.2) is 52.6 Å². The minimum absolute atomic E-state index is 0.114. The molecule has 32 heavy (non-hydrogen) atoms. The van der Waals surface area contributed by atoms with Crippen LogP contribution in [-0.2, 0) is 16.1 Å². The Balaban J connectivity index is 1.36. The molecule has 2 aromatic rings. The van der Waals surface area contributed by atoms with E-state index in [4.69, 9.17) is 0 Å². The number of piperidine rings is 1. The molecule has 0 saturated carbocycles. The van der Waals surface area contributed by atoms with E-state index in [1.807, 2.05) is 6.07 Å². The van der Waals surface area contributed by atoms with Gasteiger partial charge in [-0.3, -0.25) is 34.3 Å². The minimum Gasteiger partial charge on any atom is -0.295 e. The standard InChI is InChI=1S/C24H23N3O4S/c1-14-9-12-32-21(14)15-7-10-26(11-8-15)13-16-3-2-4-17-20(16)24(31)27(23(17)30)18-5-6-19(28)25-22(18)29/h2-4,7,9,12,18H,5-6,8,10-11,13H2,1H3,(H,25,28,29). The molecule has 1 N–H and O–H groups in total. The number of hydrogen-bond donors (Lipinski definition) is 1. The molecule has 1 unspecified atom stereocenters. The lowest BCUT2D eigenvalue weighted by Crippen LogP contribution is -2.54. The maximum Gasteiger partial charge on any atom is 0.262 e. The Hall–Kier alpha value is -3.10. The number of rotatable bonds is 4. The quantitative estimate of drug-likeness (QED) is 0.726. The topological polar surface area (TPSA) is 86.8 Å². The van der Waals surface area contributed by atoms with Crippen LogP contribution in [0.3, 0.4) is 0 Å². The van der Waals surface area contributed by atoms with Gasteiger partial charge in [0, 0.05) is 30.9 Å². The van der Waals surface area contributed by atoms with Crippen molar-refractivity contribution in [2.24, 2.45) is 0 Å². The first-order chi connectivity index (χ1) is 15.4. The van der Waals surface area contributed by atoms with Crippen LogP contribution in [0.25, 0.3) is 5.57 Å². The van der Waals surface area contributed by atoms with E-state index in [9.17, 15) is 19.2 Å². The van der Waals surface area contributed by atoms with E-state index in [0.29, 0.717) is 17.7 Å². The van der Waals surface area contributed by atoms with Gasteiger partial charge < -0.3 is 0 Å². The SMILES string of the molecule is Cc1ccsc1C1=CCN(Cc2cccc3c2C(=O)N(C2CCC(=O)NC2=O)C3=O)CC1. The molecule has 4 heterocycles. The zero-order valence-electron chi connectivity index (χ0n) is 17.7. The van der Waals surface area contributed by atoms with Gasteiger partial charge >= 0.3 is 0 Å². The van der Waals surface area contributed by atoms with Gasteiger partial charge in [-0.1, -0.05) is 18.2 Å². The van der Waals surface area contributed by atoms with Crippen LogP contribution < -0.4 is 5.32 Å². The molecule has 7 nitrogen and oxygen atoms in total. The summed E-state index contributed by atoms with van der Waals surface area (Å²) in [5.41, 5.74) is 4.17. The maximum atomic E-state index is 13.3. The van der Waals surface area contributed by atoms with Crippen LogP contribution in [0.1, 0.15) is 56.0 Å². The molecule has 1 aromatic heterocycles. The van der Waals surface area contributed by atoms with Crippen LogP contribution >= 0.6 is 11.3 Å². The Labute approximate surface area is 189 Å². The first-order valence-corrected chi connectivity index (χ1v) is 11.6. The van der Waals surface area contributed by atoms with E-state index in [-0.39, 0.29) is 18.7 Å². The van der Waals surface area contributed by atoms with Gasteiger partial charge in [-0.25, -0.2) is 0 Å². The molecule has 1 saturated heterocycles. The summed E-state index contributed by atoms with van der Waals surface area (Å²) in [6, 6.07) is 6.49. The summed E-state index contributed by atoms with van der Waals surface area (Å²) in [6.07, 6.45) is 3.45. The van der Waals surface area contributed by atoms with Gasteiger partial charge in [-0.15, -0.1) is 11.3 Å². The Morgan fingerprint density at radius 1 is 1.09 bits per heavy atom. The molecular weight excluding hydrogens is 426 g/mol. The predicted molar refractivity (Wildman–Crippen MR) is 120 cm³/mol. The third-order valence-electron chi connectivity index (χ3n) is 6.40. The maximum absolute atomic E-state index is 13.3. The summed E-state index contributed by atoms with van der Waals surface area (Å²) in [5, 5.41) is 4.35. The number of thiophene rings is 1. The molecular formula is C24H23N3O4S. The average molecular weight is 450 g/mol. The van der Waals surface area contributed by atoms with Crippen molar-refractivity contribution in [3.05, 3.63) is 62.9 Å². The molecule has 1 atom stereocenters. The molecule has 8 heteroatoms. The normalized spacial score (nSPS) is 21.6. The second-order valence-electron chi connectivity index (χ2n) is 8.43. The van der Waals surface area contributed by atoms with Gasteiger partial charge in [0.05, 0.1) is 11.1 Å². The number of fused-ring (bicyclic) bond motifs is 1.